The largest absolute Gasteiger partial charge is 0.482 e. The SMILES string of the molecule is CC1CN(Cc2cc(Cl)ccc2OCC(=O)O)CCN1S(=O)(=O)Cc1ccccc1. The van der Waals surface area contributed by atoms with Crippen LogP contribution in [-0.4, -0.2) is 61.0 Å². The lowest BCUT2D eigenvalue weighted by Crippen LogP contribution is -2.53. The molecule has 0 radical (unpaired) electrons. The second-order valence-corrected chi connectivity index (χ2v) is 9.73. The molecule has 0 aromatic heterocycles. The summed E-state index contributed by atoms with van der Waals surface area (Å²) in [5, 5.41) is 9.40. The van der Waals surface area contributed by atoms with Gasteiger partial charge in [0.1, 0.15) is 5.75 Å². The molecule has 1 aliphatic rings. The summed E-state index contributed by atoms with van der Waals surface area (Å²) in [7, 11) is -3.42. The van der Waals surface area contributed by atoms with Crippen LogP contribution in [0.15, 0.2) is 48.5 Å². The van der Waals surface area contributed by atoms with Gasteiger partial charge in [-0.1, -0.05) is 41.9 Å². The van der Waals surface area contributed by atoms with Gasteiger partial charge in [-0.2, -0.15) is 4.31 Å². The number of hydrogen-bond donors (Lipinski definition) is 1. The molecule has 0 bridgehead atoms. The van der Waals surface area contributed by atoms with Gasteiger partial charge in [-0.25, -0.2) is 13.2 Å². The third kappa shape index (κ3) is 5.95. The van der Waals surface area contributed by atoms with E-state index in [-0.39, 0.29) is 11.8 Å². The van der Waals surface area contributed by atoms with Gasteiger partial charge in [-0.3, -0.25) is 4.90 Å². The fourth-order valence-electron chi connectivity index (χ4n) is 3.63. The summed E-state index contributed by atoms with van der Waals surface area (Å²) in [4.78, 5) is 12.9. The number of sulfonamides is 1. The van der Waals surface area contributed by atoms with Crippen LogP contribution in [-0.2, 0) is 27.1 Å². The number of hydrogen-bond acceptors (Lipinski definition) is 5. The van der Waals surface area contributed by atoms with Crippen molar-refractivity contribution in [1.82, 2.24) is 9.21 Å². The summed E-state index contributed by atoms with van der Waals surface area (Å²) in [6.45, 7) is 3.46. The summed E-state index contributed by atoms with van der Waals surface area (Å²) in [5.41, 5.74) is 1.54. The number of rotatable bonds is 8. The average molecular weight is 453 g/mol. The van der Waals surface area contributed by atoms with E-state index < -0.39 is 22.6 Å². The first-order chi connectivity index (χ1) is 14.2. The zero-order chi connectivity index (χ0) is 21.7. The molecule has 0 spiro atoms. The van der Waals surface area contributed by atoms with Gasteiger partial charge < -0.3 is 9.84 Å². The molecule has 9 heteroatoms. The van der Waals surface area contributed by atoms with Gasteiger partial charge in [0.05, 0.1) is 5.75 Å². The monoisotopic (exact) mass is 452 g/mol. The van der Waals surface area contributed by atoms with Gasteiger partial charge in [0.2, 0.25) is 10.0 Å². The number of carboxylic acids is 1. The van der Waals surface area contributed by atoms with Crippen LogP contribution in [0.1, 0.15) is 18.1 Å². The number of piperazine rings is 1. The van der Waals surface area contributed by atoms with Gasteiger partial charge in [0.25, 0.3) is 0 Å². The fourth-order valence-corrected chi connectivity index (χ4v) is 5.58. The van der Waals surface area contributed by atoms with Crippen molar-refractivity contribution in [3.63, 3.8) is 0 Å². The molecule has 1 N–H and O–H groups in total. The average Bonchev–Trinajstić information content (AvgIpc) is 2.67. The van der Waals surface area contributed by atoms with Crippen LogP contribution in [0.3, 0.4) is 0 Å². The molecule has 30 heavy (non-hydrogen) atoms. The molecule has 1 aliphatic heterocycles. The number of aliphatic carboxylic acids is 1. The van der Waals surface area contributed by atoms with E-state index in [1.807, 2.05) is 37.3 Å². The minimum absolute atomic E-state index is 0.0142. The van der Waals surface area contributed by atoms with Crippen molar-refractivity contribution in [3.8, 4) is 5.75 Å². The van der Waals surface area contributed by atoms with Gasteiger partial charge in [0.15, 0.2) is 6.61 Å². The van der Waals surface area contributed by atoms with Crippen LogP contribution in [0.2, 0.25) is 5.02 Å². The van der Waals surface area contributed by atoms with Crippen molar-refractivity contribution >= 4 is 27.6 Å². The molecule has 0 amide bonds. The van der Waals surface area contributed by atoms with Crippen LogP contribution in [0.25, 0.3) is 0 Å². The van der Waals surface area contributed by atoms with E-state index in [9.17, 15) is 13.2 Å². The van der Waals surface area contributed by atoms with Gasteiger partial charge in [-0.15, -0.1) is 0 Å². The maximum Gasteiger partial charge on any atom is 0.341 e. The highest BCUT2D eigenvalue weighted by atomic mass is 35.5. The summed E-state index contributed by atoms with van der Waals surface area (Å²) in [6, 6.07) is 14.0. The van der Waals surface area contributed by atoms with Gasteiger partial charge >= 0.3 is 5.97 Å². The number of halogens is 1. The molecule has 2 aromatic carbocycles. The Kier molecular flexibility index (Phi) is 7.36. The Morgan fingerprint density at radius 2 is 1.93 bits per heavy atom. The van der Waals surface area contributed by atoms with Crippen molar-refractivity contribution < 1.29 is 23.1 Å². The third-order valence-electron chi connectivity index (χ3n) is 4.97. The van der Waals surface area contributed by atoms with E-state index >= 15 is 0 Å². The minimum Gasteiger partial charge on any atom is -0.482 e. The number of carboxylic acid groups (broad SMARTS) is 1. The van der Waals surface area contributed by atoms with Crippen LogP contribution in [0.4, 0.5) is 0 Å². The molecule has 1 atom stereocenters. The van der Waals surface area contributed by atoms with Crippen LogP contribution >= 0.6 is 11.6 Å². The maximum atomic E-state index is 12.9. The zero-order valence-corrected chi connectivity index (χ0v) is 18.3. The van der Waals surface area contributed by atoms with Crippen molar-refractivity contribution in [3.05, 3.63) is 64.7 Å². The normalized spacial score (nSPS) is 18.3. The van der Waals surface area contributed by atoms with Crippen LogP contribution in [0.5, 0.6) is 5.75 Å². The first-order valence-corrected chi connectivity index (χ1v) is 11.6. The predicted octanol–water partition coefficient (Wildman–Crippen LogP) is 2.84. The smallest absolute Gasteiger partial charge is 0.341 e. The second kappa shape index (κ2) is 9.78. The molecule has 3 rings (SSSR count). The Hall–Kier alpha value is -2.13. The third-order valence-corrected chi connectivity index (χ3v) is 7.16. The second-order valence-electron chi connectivity index (χ2n) is 7.37. The number of carbonyl (C=O) groups is 1. The van der Waals surface area contributed by atoms with E-state index in [1.165, 1.54) is 0 Å². The molecule has 0 saturated carbocycles. The molecule has 1 fully saturated rings. The van der Waals surface area contributed by atoms with Crippen LogP contribution in [0, 0.1) is 0 Å². The molecule has 1 saturated heterocycles. The summed E-state index contributed by atoms with van der Waals surface area (Å²) < 4.78 is 32.7. The molecule has 7 nitrogen and oxygen atoms in total. The van der Waals surface area contributed by atoms with Crippen LogP contribution < -0.4 is 4.74 Å². The summed E-state index contributed by atoms with van der Waals surface area (Å²) >= 11 is 6.11. The molecular weight excluding hydrogens is 428 g/mol. The molecule has 0 aliphatic carbocycles. The quantitative estimate of drug-likeness (QED) is 0.662. The van der Waals surface area contributed by atoms with Crippen molar-refractivity contribution in [1.29, 1.82) is 0 Å². The molecule has 1 unspecified atom stereocenters. The first kappa shape index (κ1) is 22.6. The predicted molar refractivity (Wildman–Crippen MR) is 115 cm³/mol. The van der Waals surface area contributed by atoms with E-state index in [4.69, 9.17) is 21.4 Å². The van der Waals surface area contributed by atoms with E-state index in [1.54, 1.807) is 22.5 Å². The fraction of sp³-hybridized carbons (Fsp3) is 0.381. The topological polar surface area (TPSA) is 87.2 Å². The Morgan fingerprint density at radius 1 is 1.20 bits per heavy atom. The lowest BCUT2D eigenvalue weighted by atomic mass is 10.1. The van der Waals surface area contributed by atoms with Crippen molar-refractivity contribution in [2.75, 3.05) is 26.2 Å². The lowest BCUT2D eigenvalue weighted by Gasteiger charge is -2.39. The Bertz CT molecular complexity index is 984. The molecule has 2 aromatic rings. The standard InChI is InChI=1S/C21H25ClN2O5S/c1-16-12-23(13-18-11-19(22)7-8-20(18)29-14-21(25)26)9-10-24(16)30(27,28)15-17-5-3-2-4-6-17/h2-8,11,16H,9-10,12-15H2,1H3,(H,25,26). The summed E-state index contributed by atoms with van der Waals surface area (Å²) in [6.07, 6.45) is 0. The van der Waals surface area contributed by atoms with E-state index in [0.29, 0.717) is 37.0 Å². The highest BCUT2D eigenvalue weighted by Crippen LogP contribution is 2.26. The first-order valence-electron chi connectivity index (χ1n) is 9.63. The number of nitrogens with zero attached hydrogens (tertiary/aromatic N) is 2. The lowest BCUT2D eigenvalue weighted by molar-refractivity contribution is -0.139. The van der Waals surface area contributed by atoms with Gasteiger partial charge in [-0.05, 0) is 30.7 Å². The van der Waals surface area contributed by atoms with Crippen molar-refractivity contribution in [2.24, 2.45) is 0 Å². The van der Waals surface area contributed by atoms with E-state index in [2.05, 4.69) is 4.90 Å². The number of ether oxygens (including phenoxy) is 1. The molecule has 1 heterocycles. The number of benzene rings is 2. The highest BCUT2D eigenvalue weighted by Gasteiger charge is 2.32. The zero-order valence-electron chi connectivity index (χ0n) is 16.7. The highest BCUT2D eigenvalue weighted by molar-refractivity contribution is 7.88. The Labute approximate surface area is 181 Å². The Balaban J connectivity index is 1.66. The Morgan fingerprint density at radius 3 is 2.60 bits per heavy atom. The van der Waals surface area contributed by atoms with Gasteiger partial charge in [0, 0.05) is 42.8 Å². The summed E-state index contributed by atoms with van der Waals surface area (Å²) in [5.74, 6) is -0.602. The molecule has 162 valence electrons. The minimum atomic E-state index is -3.42. The maximum absolute atomic E-state index is 12.9. The van der Waals surface area contributed by atoms with Crippen molar-refractivity contribution in [2.45, 2.75) is 25.3 Å². The van der Waals surface area contributed by atoms with E-state index in [0.717, 1.165) is 11.1 Å². The molecular formula is C21H25ClN2O5S.